The molecule has 0 atom stereocenters. The highest BCUT2D eigenvalue weighted by atomic mass is 16.2. The molecule has 0 bridgehead atoms. The molecule has 1 fully saturated rings. The number of carbonyl (C=O) groups excluding carboxylic acids is 3. The first-order valence-corrected chi connectivity index (χ1v) is 7.19. The number of carbonyl (C=O) groups is 3. The summed E-state index contributed by atoms with van der Waals surface area (Å²) in [4.78, 5) is 38.8. The second-order valence-electron chi connectivity index (χ2n) is 5.43. The van der Waals surface area contributed by atoms with Crippen LogP contribution in [-0.4, -0.2) is 58.6 Å². The van der Waals surface area contributed by atoms with Crippen LogP contribution in [0.1, 0.15) is 10.4 Å². The number of piperazine rings is 1. The molecular formula is C16H17N3O3. The standard InChI is InChI=1S/C16H17N3O3/c1-17-10-13(12-4-2-3-5-14(12)17)15(21)16(22)19-8-6-18(11-20)7-9-19/h2-5,10-11H,6-9H2,1H3. The SMILES string of the molecule is Cn1cc(C(=O)C(=O)N2CCN(C=O)CC2)c2ccccc21. The Kier molecular flexibility index (Phi) is 3.66. The first-order chi connectivity index (χ1) is 10.6. The lowest BCUT2D eigenvalue weighted by Gasteiger charge is -2.32. The smallest absolute Gasteiger partial charge is 0.295 e. The van der Waals surface area contributed by atoms with Crippen LogP contribution >= 0.6 is 0 Å². The van der Waals surface area contributed by atoms with Gasteiger partial charge in [0.2, 0.25) is 6.41 Å². The minimum absolute atomic E-state index is 0.397. The molecule has 1 aromatic heterocycles. The van der Waals surface area contributed by atoms with E-state index in [0.29, 0.717) is 31.7 Å². The molecule has 0 spiro atoms. The topological polar surface area (TPSA) is 62.6 Å². The molecule has 0 aliphatic carbocycles. The molecule has 2 aromatic rings. The number of ketones is 1. The van der Waals surface area contributed by atoms with E-state index in [-0.39, 0.29) is 0 Å². The molecule has 6 heteroatoms. The van der Waals surface area contributed by atoms with Gasteiger partial charge in [-0.05, 0) is 6.07 Å². The van der Waals surface area contributed by atoms with E-state index in [4.69, 9.17) is 0 Å². The van der Waals surface area contributed by atoms with Crippen molar-refractivity contribution in [1.29, 1.82) is 0 Å². The third kappa shape index (κ3) is 2.36. The van der Waals surface area contributed by atoms with Crippen molar-refractivity contribution in [2.75, 3.05) is 26.2 Å². The van der Waals surface area contributed by atoms with Crippen LogP contribution in [0, 0.1) is 0 Å². The number of fused-ring (bicyclic) bond motifs is 1. The van der Waals surface area contributed by atoms with Crippen LogP contribution in [0.25, 0.3) is 10.9 Å². The van der Waals surface area contributed by atoms with Crippen molar-refractivity contribution >= 4 is 29.0 Å². The zero-order valence-electron chi connectivity index (χ0n) is 12.4. The van der Waals surface area contributed by atoms with Gasteiger partial charge in [0.1, 0.15) is 0 Å². The Morgan fingerprint density at radius 1 is 1.09 bits per heavy atom. The summed E-state index contributed by atoms with van der Waals surface area (Å²) < 4.78 is 1.85. The fourth-order valence-corrected chi connectivity index (χ4v) is 2.81. The Labute approximate surface area is 127 Å². The molecular weight excluding hydrogens is 282 g/mol. The van der Waals surface area contributed by atoms with Crippen LogP contribution in [0.4, 0.5) is 0 Å². The van der Waals surface area contributed by atoms with Crippen LogP contribution in [0.15, 0.2) is 30.5 Å². The van der Waals surface area contributed by atoms with E-state index >= 15 is 0 Å². The minimum Gasteiger partial charge on any atom is -0.350 e. The molecule has 1 saturated heterocycles. The third-order valence-corrected chi connectivity index (χ3v) is 4.09. The van der Waals surface area contributed by atoms with Crippen molar-refractivity contribution in [3.05, 3.63) is 36.0 Å². The second-order valence-corrected chi connectivity index (χ2v) is 5.43. The largest absolute Gasteiger partial charge is 0.350 e. The van der Waals surface area contributed by atoms with Gasteiger partial charge in [-0.15, -0.1) is 0 Å². The predicted octanol–water partition coefficient (Wildman–Crippen LogP) is 0.662. The molecule has 22 heavy (non-hydrogen) atoms. The maximum Gasteiger partial charge on any atom is 0.295 e. The van der Waals surface area contributed by atoms with Crippen LogP contribution in [0.5, 0.6) is 0 Å². The number of amides is 2. The Morgan fingerprint density at radius 3 is 2.45 bits per heavy atom. The lowest BCUT2D eigenvalue weighted by atomic mass is 10.1. The zero-order valence-corrected chi connectivity index (χ0v) is 12.4. The summed E-state index contributed by atoms with van der Waals surface area (Å²) in [6, 6.07) is 7.52. The number of rotatable bonds is 3. The van der Waals surface area contributed by atoms with Crippen molar-refractivity contribution < 1.29 is 14.4 Å². The van der Waals surface area contributed by atoms with Crippen molar-refractivity contribution in [2.24, 2.45) is 7.05 Å². The second kappa shape index (κ2) is 5.63. The molecule has 0 saturated carbocycles. The number of Topliss-reactive ketones (excluding diaryl/α,β-unsaturated/α-hetero) is 1. The first-order valence-electron chi connectivity index (χ1n) is 7.19. The highest BCUT2D eigenvalue weighted by Gasteiger charge is 2.28. The van der Waals surface area contributed by atoms with E-state index in [1.807, 2.05) is 35.9 Å². The minimum atomic E-state index is -0.498. The summed E-state index contributed by atoms with van der Waals surface area (Å²) in [5.41, 5.74) is 1.35. The van der Waals surface area contributed by atoms with Gasteiger partial charge in [0.15, 0.2) is 0 Å². The van der Waals surface area contributed by atoms with Gasteiger partial charge in [-0.3, -0.25) is 14.4 Å². The number of aryl methyl sites for hydroxylation is 1. The van der Waals surface area contributed by atoms with E-state index in [2.05, 4.69) is 0 Å². The number of hydrogen-bond donors (Lipinski definition) is 0. The summed E-state index contributed by atoms with van der Waals surface area (Å²) in [6.45, 7) is 1.73. The fourth-order valence-electron chi connectivity index (χ4n) is 2.81. The number of nitrogens with zero attached hydrogens (tertiary/aromatic N) is 3. The fraction of sp³-hybridized carbons (Fsp3) is 0.312. The van der Waals surface area contributed by atoms with Gasteiger partial charge in [0, 0.05) is 50.3 Å². The molecule has 0 unspecified atom stereocenters. The van der Waals surface area contributed by atoms with Gasteiger partial charge < -0.3 is 14.4 Å². The molecule has 2 amide bonds. The average Bonchev–Trinajstić information content (AvgIpc) is 2.91. The Balaban J connectivity index is 1.84. The van der Waals surface area contributed by atoms with E-state index in [1.54, 1.807) is 11.1 Å². The molecule has 0 N–H and O–H groups in total. The highest BCUT2D eigenvalue weighted by molar-refractivity contribution is 6.44. The maximum atomic E-state index is 12.5. The quantitative estimate of drug-likeness (QED) is 0.475. The van der Waals surface area contributed by atoms with Crippen LogP contribution in [0.3, 0.4) is 0 Å². The first kappa shape index (κ1) is 14.3. The molecule has 1 aromatic carbocycles. The average molecular weight is 299 g/mol. The Bertz CT molecular complexity index is 742. The van der Waals surface area contributed by atoms with E-state index in [9.17, 15) is 14.4 Å². The molecule has 0 radical (unpaired) electrons. The van der Waals surface area contributed by atoms with Gasteiger partial charge in [0.05, 0.1) is 5.56 Å². The Morgan fingerprint density at radius 2 is 1.77 bits per heavy atom. The lowest BCUT2D eigenvalue weighted by molar-refractivity contribution is -0.131. The summed E-state index contributed by atoms with van der Waals surface area (Å²) in [7, 11) is 1.85. The summed E-state index contributed by atoms with van der Waals surface area (Å²) in [6.07, 6.45) is 2.47. The zero-order chi connectivity index (χ0) is 15.7. The number of benzene rings is 1. The van der Waals surface area contributed by atoms with Gasteiger partial charge >= 0.3 is 0 Å². The third-order valence-electron chi connectivity index (χ3n) is 4.09. The van der Waals surface area contributed by atoms with Crippen LogP contribution in [0.2, 0.25) is 0 Å². The van der Waals surface area contributed by atoms with E-state index in [0.717, 1.165) is 17.3 Å². The predicted molar refractivity (Wildman–Crippen MR) is 81.5 cm³/mol. The number of para-hydroxylation sites is 1. The maximum absolute atomic E-state index is 12.5. The number of aromatic nitrogens is 1. The normalized spacial score (nSPS) is 15.1. The monoisotopic (exact) mass is 299 g/mol. The molecule has 2 heterocycles. The van der Waals surface area contributed by atoms with E-state index in [1.165, 1.54) is 4.90 Å². The van der Waals surface area contributed by atoms with Gasteiger partial charge in [-0.2, -0.15) is 0 Å². The van der Waals surface area contributed by atoms with Crippen LogP contribution < -0.4 is 0 Å². The number of hydrogen-bond acceptors (Lipinski definition) is 3. The van der Waals surface area contributed by atoms with Gasteiger partial charge in [-0.1, -0.05) is 18.2 Å². The molecule has 1 aliphatic heterocycles. The Hall–Kier alpha value is -2.63. The van der Waals surface area contributed by atoms with Crippen LogP contribution in [-0.2, 0) is 16.6 Å². The summed E-state index contributed by atoms with van der Waals surface area (Å²) in [5.74, 6) is -0.988. The van der Waals surface area contributed by atoms with E-state index < -0.39 is 11.7 Å². The van der Waals surface area contributed by atoms with Crippen molar-refractivity contribution in [1.82, 2.24) is 14.4 Å². The van der Waals surface area contributed by atoms with Crippen molar-refractivity contribution in [3.63, 3.8) is 0 Å². The molecule has 6 nitrogen and oxygen atoms in total. The van der Waals surface area contributed by atoms with Crippen molar-refractivity contribution in [2.45, 2.75) is 0 Å². The van der Waals surface area contributed by atoms with Crippen molar-refractivity contribution in [3.8, 4) is 0 Å². The lowest BCUT2D eigenvalue weighted by Crippen LogP contribution is -2.50. The molecule has 3 rings (SSSR count). The summed E-state index contributed by atoms with van der Waals surface area (Å²) in [5, 5.41) is 0.787. The van der Waals surface area contributed by atoms with Gasteiger partial charge in [0.25, 0.3) is 11.7 Å². The van der Waals surface area contributed by atoms with Gasteiger partial charge in [-0.25, -0.2) is 0 Å². The highest BCUT2D eigenvalue weighted by Crippen LogP contribution is 2.21. The molecule has 114 valence electrons. The summed E-state index contributed by atoms with van der Waals surface area (Å²) >= 11 is 0. The molecule has 1 aliphatic rings.